The molecule has 25 heavy (non-hydrogen) atoms. The van der Waals surface area contributed by atoms with Crippen LogP contribution in [0.3, 0.4) is 0 Å². The van der Waals surface area contributed by atoms with E-state index < -0.39 is 12.1 Å². The lowest BCUT2D eigenvalue weighted by Crippen LogP contribution is -2.46. The zero-order valence-electron chi connectivity index (χ0n) is 13.1. The Hall–Kier alpha value is -2.62. The number of carbonyl (C=O) groups excluding carboxylic acids is 2. The Kier molecular flexibility index (Phi) is 7.86. The standard InChI is InChI=1S/C13H17N3O2.C2HF3O2/c17-12(10-4-2-1-3-5-10)15-16-13(18)11-6-8-14-9-7-11;3-2(4,5)1(6)7/h1-5,11,14H,6-9H2,(H,15,17)(H,16,18);(H,6,7). The smallest absolute Gasteiger partial charge is 0.475 e. The van der Waals surface area contributed by atoms with Crippen LogP contribution in [0.15, 0.2) is 30.3 Å². The van der Waals surface area contributed by atoms with Crippen LogP contribution in [-0.2, 0) is 9.59 Å². The molecule has 2 amide bonds. The highest BCUT2D eigenvalue weighted by molar-refractivity contribution is 5.95. The number of alkyl halides is 3. The predicted octanol–water partition coefficient (Wildman–Crippen LogP) is 1.08. The molecule has 0 aliphatic carbocycles. The van der Waals surface area contributed by atoms with E-state index in [0.717, 1.165) is 25.9 Å². The van der Waals surface area contributed by atoms with Gasteiger partial charge in [0.05, 0.1) is 0 Å². The Morgan fingerprint density at radius 1 is 1.04 bits per heavy atom. The Balaban J connectivity index is 0.000000381. The summed E-state index contributed by atoms with van der Waals surface area (Å²) in [7, 11) is 0. The molecule has 138 valence electrons. The van der Waals surface area contributed by atoms with Crippen molar-refractivity contribution in [3.63, 3.8) is 0 Å². The van der Waals surface area contributed by atoms with Gasteiger partial charge in [0.15, 0.2) is 0 Å². The van der Waals surface area contributed by atoms with Crippen LogP contribution in [0.1, 0.15) is 23.2 Å². The summed E-state index contributed by atoms with van der Waals surface area (Å²) in [5, 5.41) is 10.3. The zero-order valence-corrected chi connectivity index (χ0v) is 13.1. The second kappa shape index (κ2) is 9.62. The molecule has 1 aromatic rings. The van der Waals surface area contributed by atoms with Gasteiger partial charge in [-0.2, -0.15) is 13.2 Å². The summed E-state index contributed by atoms with van der Waals surface area (Å²) in [5.41, 5.74) is 5.45. The molecule has 1 heterocycles. The monoisotopic (exact) mass is 361 g/mol. The third kappa shape index (κ3) is 7.66. The molecule has 0 spiro atoms. The molecule has 0 aromatic heterocycles. The first-order valence-electron chi connectivity index (χ1n) is 7.38. The largest absolute Gasteiger partial charge is 0.490 e. The number of carboxylic acids is 1. The van der Waals surface area contributed by atoms with Gasteiger partial charge in [-0.15, -0.1) is 0 Å². The summed E-state index contributed by atoms with van der Waals surface area (Å²) >= 11 is 0. The van der Waals surface area contributed by atoms with E-state index in [4.69, 9.17) is 9.90 Å². The lowest BCUT2D eigenvalue weighted by Gasteiger charge is -2.21. The molecule has 0 unspecified atom stereocenters. The number of aliphatic carboxylic acids is 1. The highest BCUT2D eigenvalue weighted by Gasteiger charge is 2.38. The van der Waals surface area contributed by atoms with Crippen molar-refractivity contribution >= 4 is 17.8 Å². The van der Waals surface area contributed by atoms with E-state index in [0.29, 0.717) is 5.56 Å². The average Bonchev–Trinajstić information content (AvgIpc) is 2.60. The van der Waals surface area contributed by atoms with E-state index in [1.165, 1.54) is 0 Å². The van der Waals surface area contributed by atoms with Crippen LogP contribution in [-0.4, -0.2) is 42.2 Å². The van der Waals surface area contributed by atoms with Gasteiger partial charge in [-0.05, 0) is 38.1 Å². The zero-order chi connectivity index (χ0) is 18.9. The maximum atomic E-state index is 11.8. The molecule has 1 saturated heterocycles. The molecule has 1 fully saturated rings. The highest BCUT2D eigenvalue weighted by Crippen LogP contribution is 2.13. The number of rotatable bonds is 2. The van der Waals surface area contributed by atoms with Crippen molar-refractivity contribution in [1.82, 2.24) is 16.2 Å². The molecule has 0 bridgehead atoms. The topological polar surface area (TPSA) is 108 Å². The lowest BCUT2D eigenvalue weighted by molar-refractivity contribution is -0.192. The Bertz CT molecular complexity index is 587. The van der Waals surface area contributed by atoms with Crippen LogP contribution in [0.4, 0.5) is 13.2 Å². The molecular formula is C15H18F3N3O4. The highest BCUT2D eigenvalue weighted by atomic mass is 19.4. The van der Waals surface area contributed by atoms with Crippen molar-refractivity contribution in [3.05, 3.63) is 35.9 Å². The molecule has 1 aliphatic rings. The minimum Gasteiger partial charge on any atom is -0.475 e. The van der Waals surface area contributed by atoms with Crippen LogP contribution in [0.2, 0.25) is 0 Å². The summed E-state index contributed by atoms with van der Waals surface area (Å²) in [6.45, 7) is 1.70. The average molecular weight is 361 g/mol. The molecule has 0 saturated carbocycles. The van der Waals surface area contributed by atoms with Crippen molar-refractivity contribution in [3.8, 4) is 0 Å². The predicted molar refractivity (Wildman–Crippen MR) is 81.3 cm³/mol. The van der Waals surface area contributed by atoms with Crippen molar-refractivity contribution < 1.29 is 32.7 Å². The van der Waals surface area contributed by atoms with E-state index in [9.17, 15) is 22.8 Å². The van der Waals surface area contributed by atoms with Crippen LogP contribution in [0.5, 0.6) is 0 Å². The first-order chi connectivity index (χ1) is 11.7. The van der Waals surface area contributed by atoms with Crippen molar-refractivity contribution in [2.45, 2.75) is 19.0 Å². The molecule has 2 rings (SSSR count). The van der Waals surface area contributed by atoms with Crippen molar-refractivity contribution in [1.29, 1.82) is 0 Å². The number of carbonyl (C=O) groups is 3. The number of halogens is 3. The van der Waals surface area contributed by atoms with E-state index in [1.807, 2.05) is 6.07 Å². The number of hydrogen-bond acceptors (Lipinski definition) is 4. The van der Waals surface area contributed by atoms with Gasteiger partial charge < -0.3 is 10.4 Å². The fraction of sp³-hybridized carbons (Fsp3) is 0.400. The van der Waals surface area contributed by atoms with Crippen LogP contribution >= 0.6 is 0 Å². The molecule has 10 heteroatoms. The maximum Gasteiger partial charge on any atom is 0.490 e. The number of carboxylic acid groups (broad SMARTS) is 1. The summed E-state index contributed by atoms with van der Waals surface area (Å²) in [5.74, 6) is -3.17. The number of benzene rings is 1. The second-order valence-electron chi connectivity index (χ2n) is 5.14. The lowest BCUT2D eigenvalue weighted by atomic mass is 9.98. The molecule has 4 N–H and O–H groups in total. The van der Waals surface area contributed by atoms with E-state index in [-0.39, 0.29) is 17.7 Å². The summed E-state index contributed by atoms with van der Waals surface area (Å²) in [6.07, 6.45) is -3.46. The fourth-order valence-corrected chi connectivity index (χ4v) is 1.97. The van der Waals surface area contributed by atoms with Crippen molar-refractivity contribution in [2.75, 3.05) is 13.1 Å². The fourth-order valence-electron chi connectivity index (χ4n) is 1.97. The number of nitrogens with one attached hydrogen (secondary N) is 3. The third-order valence-electron chi connectivity index (χ3n) is 3.29. The number of hydrogen-bond donors (Lipinski definition) is 4. The molecule has 1 aromatic carbocycles. The number of hydrazine groups is 1. The SMILES string of the molecule is O=C(NNC(=O)C1CCNCC1)c1ccccc1.O=C(O)C(F)(F)F. The summed E-state index contributed by atoms with van der Waals surface area (Å²) < 4.78 is 31.7. The van der Waals surface area contributed by atoms with Gasteiger partial charge in [-0.25, -0.2) is 4.79 Å². The molecule has 7 nitrogen and oxygen atoms in total. The number of piperidine rings is 1. The first-order valence-corrected chi connectivity index (χ1v) is 7.38. The van der Waals surface area contributed by atoms with Gasteiger partial charge in [0.25, 0.3) is 5.91 Å². The normalized spacial score (nSPS) is 14.7. The second-order valence-corrected chi connectivity index (χ2v) is 5.14. The van der Waals surface area contributed by atoms with Crippen molar-refractivity contribution in [2.24, 2.45) is 5.92 Å². The molecule has 1 aliphatic heterocycles. The minimum atomic E-state index is -5.08. The van der Waals surface area contributed by atoms with Gasteiger partial charge in [-0.1, -0.05) is 18.2 Å². The quantitative estimate of drug-likeness (QED) is 0.590. The Labute approximate surface area is 141 Å². The summed E-state index contributed by atoms with van der Waals surface area (Å²) in [4.78, 5) is 32.4. The molecular weight excluding hydrogens is 343 g/mol. The number of amides is 2. The third-order valence-corrected chi connectivity index (χ3v) is 3.29. The van der Waals surface area contributed by atoms with Crippen LogP contribution in [0, 0.1) is 5.92 Å². The minimum absolute atomic E-state index is 0.0117. The summed E-state index contributed by atoms with van der Waals surface area (Å²) in [6, 6.07) is 8.80. The molecule has 0 atom stereocenters. The Morgan fingerprint density at radius 2 is 1.56 bits per heavy atom. The van der Waals surface area contributed by atoms with Gasteiger partial charge in [0.1, 0.15) is 0 Å². The van der Waals surface area contributed by atoms with Crippen LogP contribution in [0.25, 0.3) is 0 Å². The van der Waals surface area contributed by atoms with Gasteiger partial charge in [0, 0.05) is 11.5 Å². The van der Waals surface area contributed by atoms with Gasteiger partial charge >= 0.3 is 12.1 Å². The van der Waals surface area contributed by atoms with E-state index in [2.05, 4.69) is 16.2 Å². The van der Waals surface area contributed by atoms with Gasteiger partial charge in [-0.3, -0.25) is 20.4 Å². The maximum absolute atomic E-state index is 11.8. The Morgan fingerprint density at radius 3 is 2.04 bits per heavy atom. The van der Waals surface area contributed by atoms with E-state index in [1.54, 1.807) is 24.3 Å². The van der Waals surface area contributed by atoms with Gasteiger partial charge in [0.2, 0.25) is 5.91 Å². The molecule has 0 radical (unpaired) electrons. The first kappa shape index (κ1) is 20.4. The van der Waals surface area contributed by atoms with E-state index >= 15 is 0 Å². The van der Waals surface area contributed by atoms with Crippen LogP contribution < -0.4 is 16.2 Å².